The van der Waals surface area contributed by atoms with Crippen molar-refractivity contribution in [2.24, 2.45) is 21.8 Å². The van der Waals surface area contributed by atoms with Crippen LogP contribution >= 0.6 is 0 Å². The highest BCUT2D eigenvalue weighted by Gasteiger charge is 2.35. The SMILES string of the molecule is CCCCCCCCCCCCOC(=O)/C(=N\Nc1ccc(C(=O)OCCOC(=O)C(CC(C)(C)C)C(C)(C)C)cc1)c1ccccc1. The van der Waals surface area contributed by atoms with Gasteiger partial charge in [-0.1, -0.05) is 137 Å². The van der Waals surface area contributed by atoms with E-state index in [-0.39, 0.29) is 41.6 Å². The monoisotopic (exact) mass is 664 g/mol. The minimum atomic E-state index is -0.524. The van der Waals surface area contributed by atoms with Crippen LogP contribution in [0.1, 0.15) is 135 Å². The number of hydrazone groups is 1. The number of esters is 3. The Bertz CT molecular complexity index is 1260. The summed E-state index contributed by atoms with van der Waals surface area (Å²) < 4.78 is 16.4. The lowest BCUT2D eigenvalue weighted by Crippen LogP contribution is -2.34. The number of nitrogens with zero attached hydrogens (tertiary/aromatic N) is 1. The molecule has 0 fully saturated rings. The van der Waals surface area contributed by atoms with Crippen LogP contribution in [-0.2, 0) is 23.8 Å². The molecule has 0 saturated heterocycles. The van der Waals surface area contributed by atoms with Gasteiger partial charge in [0, 0.05) is 5.56 Å². The third-order valence-electron chi connectivity index (χ3n) is 8.10. The summed E-state index contributed by atoms with van der Waals surface area (Å²) in [5.41, 5.74) is 4.41. The van der Waals surface area contributed by atoms with Crippen LogP contribution in [0.2, 0.25) is 0 Å². The Morgan fingerprint density at radius 1 is 0.667 bits per heavy atom. The molecule has 0 radical (unpaired) electrons. The number of benzene rings is 2. The number of unbranched alkanes of at least 4 members (excludes halogenated alkanes) is 9. The van der Waals surface area contributed by atoms with Gasteiger partial charge in [-0.25, -0.2) is 9.59 Å². The van der Waals surface area contributed by atoms with Gasteiger partial charge in [-0.3, -0.25) is 10.2 Å². The molecule has 0 heterocycles. The first kappa shape index (κ1) is 40.5. The van der Waals surface area contributed by atoms with E-state index in [0.717, 1.165) is 19.3 Å². The molecule has 1 unspecified atom stereocenters. The van der Waals surface area contributed by atoms with E-state index in [2.05, 4.69) is 38.2 Å². The molecule has 0 aliphatic carbocycles. The number of ether oxygens (including phenoxy) is 3. The molecular formula is C40H60N2O6. The van der Waals surface area contributed by atoms with Gasteiger partial charge in [0.1, 0.15) is 13.2 Å². The van der Waals surface area contributed by atoms with Gasteiger partial charge in [-0.2, -0.15) is 5.10 Å². The molecule has 266 valence electrons. The van der Waals surface area contributed by atoms with Crippen LogP contribution in [0.5, 0.6) is 0 Å². The smallest absolute Gasteiger partial charge is 0.359 e. The lowest BCUT2D eigenvalue weighted by atomic mass is 9.72. The molecule has 0 aliphatic heterocycles. The van der Waals surface area contributed by atoms with E-state index in [1.165, 1.54) is 44.9 Å². The molecule has 2 aromatic rings. The summed E-state index contributed by atoms with van der Waals surface area (Å²) in [5.74, 6) is -1.55. The van der Waals surface area contributed by atoms with Crippen molar-refractivity contribution < 1.29 is 28.6 Å². The van der Waals surface area contributed by atoms with E-state index in [1.54, 1.807) is 24.3 Å². The summed E-state index contributed by atoms with van der Waals surface area (Å²) in [4.78, 5) is 38.4. The summed E-state index contributed by atoms with van der Waals surface area (Å²) >= 11 is 0. The number of carbonyl (C=O) groups excluding carboxylic acids is 3. The number of hydrogen-bond donors (Lipinski definition) is 1. The molecule has 0 aliphatic rings. The average Bonchev–Trinajstić information content (AvgIpc) is 3.04. The van der Waals surface area contributed by atoms with Gasteiger partial charge in [0.2, 0.25) is 0 Å². The van der Waals surface area contributed by atoms with E-state index in [9.17, 15) is 14.4 Å². The molecule has 8 heteroatoms. The van der Waals surface area contributed by atoms with Crippen LogP contribution in [0, 0.1) is 16.7 Å². The molecule has 8 nitrogen and oxygen atoms in total. The third-order valence-corrected chi connectivity index (χ3v) is 8.10. The molecule has 0 saturated carbocycles. The number of nitrogens with one attached hydrogen (secondary N) is 1. The largest absolute Gasteiger partial charge is 0.462 e. The molecule has 2 aromatic carbocycles. The molecule has 0 bridgehead atoms. The lowest BCUT2D eigenvalue weighted by molar-refractivity contribution is -0.155. The van der Waals surface area contributed by atoms with Crippen molar-refractivity contribution in [3.8, 4) is 0 Å². The van der Waals surface area contributed by atoms with Crippen LogP contribution in [-0.4, -0.2) is 43.4 Å². The van der Waals surface area contributed by atoms with E-state index >= 15 is 0 Å². The number of carbonyl (C=O) groups is 3. The van der Waals surface area contributed by atoms with Gasteiger partial charge in [0.15, 0.2) is 5.71 Å². The Kier molecular flexibility index (Phi) is 18.0. The lowest BCUT2D eigenvalue weighted by Gasteiger charge is -2.33. The summed E-state index contributed by atoms with van der Waals surface area (Å²) in [7, 11) is 0. The molecule has 2 rings (SSSR count). The predicted octanol–water partition coefficient (Wildman–Crippen LogP) is 9.77. The Hall–Kier alpha value is -3.68. The van der Waals surface area contributed by atoms with Crippen LogP contribution in [0.3, 0.4) is 0 Å². The minimum Gasteiger partial charge on any atom is -0.462 e. The first-order valence-corrected chi connectivity index (χ1v) is 17.8. The molecule has 48 heavy (non-hydrogen) atoms. The highest BCUT2D eigenvalue weighted by atomic mass is 16.6. The van der Waals surface area contributed by atoms with Crippen molar-refractivity contribution in [3.63, 3.8) is 0 Å². The van der Waals surface area contributed by atoms with Gasteiger partial charge in [0.25, 0.3) is 0 Å². The van der Waals surface area contributed by atoms with Gasteiger partial charge in [-0.05, 0) is 47.9 Å². The summed E-state index contributed by atoms with van der Waals surface area (Å²) in [6.07, 6.45) is 12.8. The van der Waals surface area contributed by atoms with Crippen LogP contribution in [0.15, 0.2) is 59.7 Å². The fourth-order valence-electron chi connectivity index (χ4n) is 5.26. The molecule has 0 amide bonds. The van der Waals surface area contributed by atoms with Gasteiger partial charge >= 0.3 is 17.9 Å². The zero-order valence-corrected chi connectivity index (χ0v) is 30.6. The summed E-state index contributed by atoms with van der Waals surface area (Å²) in [5, 5.41) is 4.37. The second-order valence-electron chi connectivity index (χ2n) is 14.8. The first-order valence-electron chi connectivity index (χ1n) is 17.8. The molecular weight excluding hydrogens is 604 g/mol. The van der Waals surface area contributed by atoms with Crippen molar-refractivity contribution in [3.05, 3.63) is 65.7 Å². The van der Waals surface area contributed by atoms with Crippen molar-refractivity contribution in [2.45, 2.75) is 119 Å². The van der Waals surface area contributed by atoms with Gasteiger partial charge < -0.3 is 14.2 Å². The van der Waals surface area contributed by atoms with Crippen molar-refractivity contribution in [1.29, 1.82) is 0 Å². The quantitative estimate of drug-likeness (QED) is 0.0466. The van der Waals surface area contributed by atoms with Crippen molar-refractivity contribution in [2.75, 3.05) is 25.2 Å². The first-order chi connectivity index (χ1) is 22.8. The second-order valence-corrected chi connectivity index (χ2v) is 14.8. The maximum absolute atomic E-state index is 13.0. The number of hydrogen-bond acceptors (Lipinski definition) is 8. The third kappa shape index (κ3) is 16.4. The standard InChI is InChI=1S/C40H60N2O6/c1-8-9-10-11-12-13-14-15-16-20-27-46-38(45)35(31-21-18-17-19-22-31)42-41-33-25-23-32(24-26-33)36(43)47-28-29-48-37(44)34(40(5,6)7)30-39(2,3)4/h17-19,21-26,34,41H,8-16,20,27-30H2,1-7H3/b42-35-. The maximum atomic E-state index is 13.0. The Morgan fingerprint density at radius 3 is 1.79 bits per heavy atom. The van der Waals surface area contributed by atoms with E-state index in [1.807, 2.05) is 51.1 Å². The maximum Gasteiger partial charge on any atom is 0.359 e. The topological polar surface area (TPSA) is 103 Å². The fraction of sp³-hybridized carbons (Fsp3) is 0.600. The Morgan fingerprint density at radius 2 is 1.23 bits per heavy atom. The second kappa shape index (κ2) is 21.3. The zero-order chi connectivity index (χ0) is 35.4. The van der Waals surface area contributed by atoms with Gasteiger partial charge in [-0.15, -0.1) is 0 Å². The molecule has 1 N–H and O–H groups in total. The molecule has 0 spiro atoms. The minimum absolute atomic E-state index is 0.00674. The van der Waals surface area contributed by atoms with Crippen LogP contribution in [0.25, 0.3) is 0 Å². The summed E-state index contributed by atoms with van der Waals surface area (Å²) in [6.45, 7) is 14.9. The van der Waals surface area contributed by atoms with Crippen molar-refractivity contribution in [1.82, 2.24) is 0 Å². The Balaban J connectivity index is 1.84. The van der Waals surface area contributed by atoms with E-state index in [0.29, 0.717) is 29.8 Å². The van der Waals surface area contributed by atoms with Crippen molar-refractivity contribution >= 4 is 29.3 Å². The predicted molar refractivity (Wildman–Crippen MR) is 194 cm³/mol. The van der Waals surface area contributed by atoms with Crippen LogP contribution in [0.4, 0.5) is 5.69 Å². The Labute approximate surface area is 289 Å². The number of anilines is 1. The van der Waals surface area contributed by atoms with E-state index < -0.39 is 11.9 Å². The van der Waals surface area contributed by atoms with E-state index in [4.69, 9.17) is 14.2 Å². The molecule has 1 atom stereocenters. The zero-order valence-electron chi connectivity index (χ0n) is 30.6. The highest BCUT2D eigenvalue weighted by molar-refractivity contribution is 6.43. The van der Waals surface area contributed by atoms with Crippen LogP contribution < -0.4 is 5.43 Å². The molecule has 0 aromatic heterocycles. The van der Waals surface area contributed by atoms with Gasteiger partial charge in [0.05, 0.1) is 23.8 Å². The summed E-state index contributed by atoms with van der Waals surface area (Å²) in [6, 6.07) is 15.8. The normalized spacial score (nSPS) is 12.7. The number of rotatable bonds is 21. The highest BCUT2D eigenvalue weighted by Crippen LogP contribution is 2.36. The average molecular weight is 665 g/mol. The fourth-order valence-corrected chi connectivity index (χ4v) is 5.26.